The number of Topliss-reactive ketones (excluding diaryl/α,β-unsaturated/α-hetero) is 1. The first kappa shape index (κ1) is 13.9. The lowest BCUT2D eigenvalue weighted by Gasteiger charge is -2.23. The molecule has 1 unspecified atom stereocenters. The van der Waals surface area contributed by atoms with Crippen molar-refractivity contribution < 1.29 is 9.90 Å². The molecule has 0 aromatic heterocycles. The topological polar surface area (TPSA) is 40.5 Å². The van der Waals surface area contributed by atoms with E-state index in [9.17, 15) is 9.90 Å². The molecule has 1 aromatic rings. The Hall–Kier alpha value is -1.51. The summed E-state index contributed by atoms with van der Waals surface area (Å²) in [6.07, 6.45) is 4.96. The van der Waals surface area contributed by atoms with Crippen LogP contribution in [-0.2, 0) is 0 Å². The molecule has 1 fully saturated rings. The van der Waals surface area contributed by atoms with Crippen LogP contribution in [0.2, 0.25) is 0 Å². The molecular formula is C16H23NO2. The van der Waals surface area contributed by atoms with Crippen molar-refractivity contribution in [2.24, 2.45) is 5.92 Å². The van der Waals surface area contributed by atoms with Crippen molar-refractivity contribution in [2.45, 2.75) is 39.5 Å². The minimum atomic E-state index is -0.0917. The van der Waals surface area contributed by atoms with Crippen molar-refractivity contribution in [3.8, 4) is 5.75 Å². The first-order chi connectivity index (χ1) is 9.11. The maximum atomic E-state index is 11.3. The third kappa shape index (κ3) is 3.28. The minimum absolute atomic E-state index is 0.0917. The zero-order chi connectivity index (χ0) is 13.8. The molecule has 3 nitrogen and oxygen atoms in total. The summed E-state index contributed by atoms with van der Waals surface area (Å²) in [6, 6.07) is 5.40. The highest BCUT2D eigenvalue weighted by atomic mass is 16.3. The van der Waals surface area contributed by atoms with Gasteiger partial charge in [0.15, 0.2) is 5.78 Å². The molecule has 2 rings (SSSR count). The Morgan fingerprint density at radius 3 is 2.79 bits per heavy atom. The minimum Gasteiger partial charge on any atom is -0.507 e. The van der Waals surface area contributed by atoms with Gasteiger partial charge in [-0.2, -0.15) is 0 Å². The van der Waals surface area contributed by atoms with Crippen LogP contribution < -0.4 is 4.90 Å². The number of nitrogens with zero attached hydrogens (tertiary/aromatic N) is 1. The van der Waals surface area contributed by atoms with Crippen molar-refractivity contribution in [3.63, 3.8) is 0 Å². The van der Waals surface area contributed by atoms with Gasteiger partial charge < -0.3 is 10.0 Å². The molecule has 0 saturated carbocycles. The second-order valence-electron chi connectivity index (χ2n) is 5.45. The zero-order valence-corrected chi connectivity index (χ0v) is 11.9. The molecule has 104 valence electrons. The van der Waals surface area contributed by atoms with Gasteiger partial charge in [0.1, 0.15) is 5.75 Å². The molecule has 19 heavy (non-hydrogen) atoms. The van der Waals surface area contributed by atoms with E-state index in [4.69, 9.17) is 0 Å². The van der Waals surface area contributed by atoms with Crippen LogP contribution in [0.15, 0.2) is 18.2 Å². The maximum absolute atomic E-state index is 11.3. The maximum Gasteiger partial charge on any atom is 0.163 e. The fourth-order valence-corrected chi connectivity index (χ4v) is 2.85. The normalized spacial score (nSPS) is 20.1. The van der Waals surface area contributed by atoms with Crippen LogP contribution in [0.25, 0.3) is 0 Å². The van der Waals surface area contributed by atoms with E-state index >= 15 is 0 Å². The SMILES string of the molecule is CCC1CCCN(c2ccc(C(C)=O)c(O)c2)CC1. The van der Waals surface area contributed by atoms with Crippen molar-refractivity contribution in [3.05, 3.63) is 23.8 Å². The predicted octanol–water partition coefficient (Wildman–Crippen LogP) is 3.61. The first-order valence-corrected chi connectivity index (χ1v) is 7.20. The van der Waals surface area contributed by atoms with E-state index < -0.39 is 0 Å². The Bertz CT molecular complexity index is 456. The molecule has 0 aliphatic carbocycles. The number of rotatable bonds is 3. The first-order valence-electron chi connectivity index (χ1n) is 7.20. The lowest BCUT2D eigenvalue weighted by molar-refractivity contribution is 0.101. The highest BCUT2D eigenvalue weighted by molar-refractivity contribution is 5.97. The molecule has 1 aromatic carbocycles. The highest BCUT2D eigenvalue weighted by Gasteiger charge is 2.17. The number of hydrogen-bond acceptors (Lipinski definition) is 3. The van der Waals surface area contributed by atoms with Gasteiger partial charge in [0.05, 0.1) is 5.56 Å². The van der Waals surface area contributed by atoms with E-state index in [0.717, 1.165) is 24.7 Å². The fraction of sp³-hybridized carbons (Fsp3) is 0.562. The summed E-state index contributed by atoms with van der Waals surface area (Å²) in [5.74, 6) is 0.836. The Kier molecular flexibility index (Phi) is 4.46. The molecule has 1 heterocycles. The van der Waals surface area contributed by atoms with Crippen LogP contribution in [-0.4, -0.2) is 24.0 Å². The highest BCUT2D eigenvalue weighted by Crippen LogP contribution is 2.28. The number of aromatic hydroxyl groups is 1. The predicted molar refractivity (Wildman–Crippen MR) is 78.0 cm³/mol. The molecule has 1 aliphatic rings. The van der Waals surface area contributed by atoms with Gasteiger partial charge in [-0.25, -0.2) is 0 Å². The van der Waals surface area contributed by atoms with Gasteiger partial charge in [0.25, 0.3) is 0 Å². The number of carbonyl (C=O) groups is 1. The quantitative estimate of drug-likeness (QED) is 0.845. The smallest absolute Gasteiger partial charge is 0.163 e. The third-order valence-corrected chi connectivity index (χ3v) is 4.15. The molecule has 1 N–H and O–H groups in total. The van der Waals surface area contributed by atoms with Gasteiger partial charge in [0, 0.05) is 24.8 Å². The van der Waals surface area contributed by atoms with E-state index in [1.54, 1.807) is 12.1 Å². The van der Waals surface area contributed by atoms with Gasteiger partial charge in [-0.1, -0.05) is 13.3 Å². The lowest BCUT2D eigenvalue weighted by Crippen LogP contribution is -2.24. The van der Waals surface area contributed by atoms with Gasteiger partial charge >= 0.3 is 0 Å². The van der Waals surface area contributed by atoms with E-state index in [-0.39, 0.29) is 11.5 Å². The van der Waals surface area contributed by atoms with Crippen LogP contribution in [0.3, 0.4) is 0 Å². The second-order valence-corrected chi connectivity index (χ2v) is 5.45. The molecule has 3 heteroatoms. The number of phenols is 1. The van der Waals surface area contributed by atoms with Crippen molar-refractivity contribution in [2.75, 3.05) is 18.0 Å². The van der Waals surface area contributed by atoms with Crippen molar-refractivity contribution >= 4 is 11.5 Å². The van der Waals surface area contributed by atoms with Crippen LogP contribution >= 0.6 is 0 Å². The molecule has 1 saturated heterocycles. The van der Waals surface area contributed by atoms with E-state index in [0.29, 0.717) is 5.56 Å². The van der Waals surface area contributed by atoms with Crippen molar-refractivity contribution in [1.29, 1.82) is 0 Å². The molecule has 0 bridgehead atoms. The van der Waals surface area contributed by atoms with Crippen molar-refractivity contribution in [1.82, 2.24) is 0 Å². The molecule has 0 amide bonds. The van der Waals surface area contributed by atoms with E-state index in [1.165, 1.54) is 32.6 Å². The molecule has 1 aliphatic heterocycles. The summed E-state index contributed by atoms with van der Waals surface area (Å²) in [5.41, 5.74) is 1.43. The third-order valence-electron chi connectivity index (χ3n) is 4.15. The number of ketones is 1. The van der Waals surface area contributed by atoms with Gasteiger partial charge in [0.2, 0.25) is 0 Å². The lowest BCUT2D eigenvalue weighted by atomic mass is 9.98. The molecule has 0 radical (unpaired) electrons. The number of phenolic OH excluding ortho intramolecular Hbond substituents is 1. The molecule has 0 spiro atoms. The van der Waals surface area contributed by atoms with Crippen LogP contribution in [0.5, 0.6) is 5.75 Å². The summed E-state index contributed by atoms with van der Waals surface area (Å²) in [6.45, 7) is 5.81. The van der Waals surface area contributed by atoms with Crippen LogP contribution in [0.1, 0.15) is 49.9 Å². The summed E-state index contributed by atoms with van der Waals surface area (Å²) in [4.78, 5) is 13.6. The Balaban J connectivity index is 2.13. The molecule has 1 atom stereocenters. The summed E-state index contributed by atoms with van der Waals surface area (Å²) in [5, 5.41) is 9.91. The summed E-state index contributed by atoms with van der Waals surface area (Å²) < 4.78 is 0. The van der Waals surface area contributed by atoms with Gasteiger partial charge in [-0.05, 0) is 44.2 Å². The van der Waals surface area contributed by atoms with Gasteiger partial charge in [-0.3, -0.25) is 4.79 Å². The number of anilines is 1. The second kappa shape index (κ2) is 6.09. The zero-order valence-electron chi connectivity index (χ0n) is 11.9. The molecular weight excluding hydrogens is 238 g/mol. The summed E-state index contributed by atoms with van der Waals surface area (Å²) >= 11 is 0. The standard InChI is InChI=1S/C16H23NO2/c1-3-13-5-4-9-17(10-8-13)14-6-7-15(12(2)18)16(19)11-14/h6-7,11,13,19H,3-5,8-10H2,1-2H3. The van der Waals surface area contributed by atoms with Crippen LogP contribution in [0, 0.1) is 5.92 Å². The van der Waals surface area contributed by atoms with Crippen LogP contribution in [0.4, 0.5) is 5.69 Å². The van der Waals surface area contributed by atoms with Gasteiger partial charge in [-0.15, -0.1) is 0 Å². The van der Waals surface area contributed by atoms with E-state index in [1.807, 2.05) is 6.07 Å². The number of benzene rings is 1. The number of carbonyl (C=O) groups excluding carboxylic acids is 1. The average molecular weight is 261 g/mol. The Labute approximate surface area is 115 Å². The summed E-state index contributed by atoms with van der Waals surface area (Å²) in [7, 11) is 0. The average Bonchev–Trinajstić information content (AvgIpc) is 2.63. The monoisotopic (exact) mass is 261 g/mol. The largest absolute Gasteiger partial charge is 0.507 e. The fourth-order valence-electron chi connectivity index (χ4n) is 2.85. The Morgan fingerprint density at radius 1 is 1.37 bits per heavy atom. The Morgan fingerprint density at radius 2 is 2.16 bits per heavy atom. The van der Waals surface area contributed by atoms with E-state index in [2.05, 4.69) is 11.8 Å². The number of hydrogen-bond donors (Lipinski definition) is 1.